The lowest BCUT2D eigenvalue weighted by Gasteiger charge is -2.17. The van der Waals surface area contributed by atoms with Crippen LogP contribution in [0.15, 0.2) is 58.2 Å². The summed E-state index contributed by atoms with van der Waals surface area (Å²) in [5.74, 6) is 6.02. The van der Waals surface area contributed by atoms with Crippen molar-refractivity contribution in [2.45, 2.75) is 18.3 Å². The molecule has 0 unspecified atom stereocenters. The molecule has 152 valence electrons. The third kappa shape index (κ3) is 5.48. The molecule has 1 aromatic heterocycles. The van der Waals surface area contributed by atoms with Crippen LogP contribution in [0.2, 0.25) is 0 Å². The number of rotatable bonds is 8. The van der Waals surface area contributed by atoms with E-state index in [4.69, 9.17) is 10.6 Å². The number of ether oxygens (including phenoxy) is 1. The predicted octanol–water partition coefficient (Wildman–Crippen LogP) is 3.22. The molecule has 0 aliphatic carbocycles. The van der Waals surface area contributed by atoms with Crippen molar-refractivity contribution in [1.82, 2.24) is 19.8 Å². The predicted molar refractivity (Wildman–Crippen MR) is 112 cm³/mol. The van der Waals surface area contributed by atoms with Gasteiger partial charge in [0.05, 0.1) is 5.75 Å². The summed E-state index contributed by atoms with van der Waals surface area (Å²) in [6.45, 7) is 0.443. The number of halogens is 2. The molecule has 0 saturated carbocycles. The van der Waals surface area contributed by atoms with E-state index in [2.05, 4.69) is 26.1 Å². The third-order valence-electron chi connectivity index (χ3n) is 4.04. The molecule has 0 spiro atoms. The van der Waals surface area contributed by atoms with Crippen LogP contribution in [0.3, 0.4) is 0 Å². The Hall–Kier alpha value is -2.59. The number of nitrogens with two attached hydrogens (primary N) is 1. The Kier molecular flexibility index (Phi) is 7.10. The lowest BCUT2D eigenvalue weighted by Crippen LogP contribution is -2.28. The number of benzene rings is 2. The van der Waals surface area contributed by atoms with Gasteiger partial charge in [0.15, 0.2) is 17.4 Å². The maximum atomic E-state index is 13.6. The van der Waals surface area contributed by atoms with Gasteiger partial charge in [0.25, 0.3) is 0 Å². The lowest BCUT2D eigenvalue weighted by atomic mass is 10.2. The van der Waals surface area contributed by atoms with Gasteiger partial charge < -0.3 is 15.5 Å². The summed E-state index contributed by atoms with van der Waals surface area (Å²) in [6, 6.07) is 13.8. The number of nitrogen functional groups attached to an aromatic ring is 1. The summed E-state index contributed by atoms with van der Waals surface area (Å²) >= 11 is 4.66. The maximum absolute atomic E-state index is 13.6. The zero-order valence-corrected chi connectivity index (χ0v) is 18.0. The van der Waals surface area contributed by atoms with Gasteiger partial charge in [0, 0.05) is 18.1 Å². The van der Waals surface area contributed by atoms with Gasteiger partial charge in [-0.3, -0.25) is 4.79 Å². The van der Waals surface area contributed by atoms with Crippen molar-refractivity contribution >= 4 is 33.6 Å². The van der Waals surface area contributed by atoms with Gasteiger partial charge in [-0.1, -0.05) is 58.0 Å². The number of hydrogen-bond acceptors (Lipinski definition) is 6. The molecular weight excluding hydrogens is 461 g/mol. The number of hydrogen-bond donors (Lipinski definition) is 1. The van der Waals surface area contributed by atoms with E-state index in [0.717, 1.165) is 10.0 Å². The van der Waals surface area contributed by atoms with E-state index < -0.39 is 5.82 Å². The SMILES string of the molecule is CN(Cc1ccccc1Br)C(=O)CSc1nnc(COc2ccccc2F)n1N. The van der Waals surface area contributed by atoms with Crippen LogP contribution >= 0.6 is 27.7 Å². The smallest absolute Gasteiger partial charge is 0.233 e. The molecule has 29 heavy (non-hydrogen) atoms. The molecule has 10 heteroatoms. The van der Waals surface area contributed by atoms with E-state index in [1.165, 1.54) is 28.6 Å². The van der Waals surface area contributed by atoms with Gasteiger partial charge in [-0.05, 0) is 23.8 Å². The quantitative estimate of drug-likeness (QED) is 0.394. The van der Waals surface area contributed by atoms with Crippen molar-refractivity contribution in [2.24, 2.45) is 0 Å². The molecule has 3 aromatic rings. The van der Waals surface area contributed by atoms with E-state index in [1.54, 1.807) is 24.1 Å². The summed E-state index contributed by atoms with van der Waals surface area (Å²) in [5, 5.41) is 8.30. The fourth-order valence-corrected chi connectivity index (χ4v) is 3.64. The van der Waals surface area contributed by atoms with Gasteiger partial charge in [-0.2, -0.15) is 0 Å². The highest BCUT2D eigenvalue weighted by atomic mass is 79.9. The van der Waals surface area contributed by atoms with Crippen molar-refractivity contribution in [1.29, 1.82) is 0 Å². The van der Waals surface area contributed by atoms with Crippen molar-refractivity contribution in [3.8, 4) is 5.75 Å². The molecule has 1 amide bonds. The summed E-state index contributed by atoms with van der Waals surface area (Å²) < 4.78 is 21.2. The van der Waals surface area contributed by atoms with Gasteiger partial charge in [-0.25, -0.2) is 9.07 Å². The number of carbonyl (C=O) groups excluding carboxylic acids is 1. The second kappa shape index (κ2) is 9.75. The molecule has 0 saturated heterocycles. The monoisotopic (exact) mass is 479 g/mol. The topological polar surface area (TPSA) is 86.3 Å². The molecule has 0 aliphatic rings. The number of amides is 1. The zero-order chi connectivity index (χ0) is 20.8. The normalized spacial score (nSPS) is 10.7. The van der Waals surface area contributed by atoms with E-state index >= 15 is 0 Å². The van der Waals surface area contributed by atoms with E-state index in [1.807, 2.05) is 24.3 Å². The minimum absolute atomic E-state index is 0.0408. The second-order valence-electron chi connectivity index (χ2n) is 6.12. The highest BCUT2D eigenvalue weighted by Gasteiger charge is 2.16. The van der Waals surface area contributed by atoms with Crippen LogP contribution in [-0.4, -0.2) is 38.5 Å². The molecule has 7 nitrogen and oxygen atoms in total. The van der Waals surface area contributed by atoms with Crippen LogP contribution in [0.25, 0.3) is 0 Å². The Bertz CT molecular complexity index is 1000. The molecular formula is C19H19BrFN5O2S. The Morgan fingerprint density at radius 2 is 1.97 bits per heavy atom. The second-order valence-corrected chi connectivity index (χ2v) is 7.91. The molecule has 2 aromatic carbocycles. The van der Waals surface area contributed by atoms with Crippen LogP contribution in [0.4, 0.5) is 4.39 Å². The van der Waals surface area contributed by atoms with Gasteiger partial charge in [-0.15, -0.1) is 10.2 Å². The first-order valence-corrected chi connectivity index (χ1v) is 10.4. The molecule has 2 N–H and O–H groups in total. The van der Waals surface area contributed by atoms with Crippen LogP contribution in [0.1, 0.15) is 11.4 Å². The van der Waals surface area contributed by atoms with Crippen molar-refractivity contribution < 1.29 is 13.9 Å². The van der Waals surface area contributed by atoms with Crippen LogP contribution in [0, 0.1) is 5.82 Å². The Morgan fingerprint density at radius 3 is 2.72 bits per heavy atom. The molecule has 3 rings (SSSR count). The molecule has 0 bridgehead atoms. The Balaban J connectivity index is 1.53. The summed E-state index contributed by atoms with van der Waals surface area (Å²) in [7, 11) is 1.74. The molecule has 0 atom stereocenters. The average molecular weight is 480 g/mol. The van der Waals surface area contributed by atoms with Gasteiger partial charge in [0.2, 0.25) is 11.1 Å². The molecule has 0 aliphatic heterocycles. The number of carbonyl (C=O) groups is 1. The largest absolute Gasteiger partial charge is 0.482 e. The summed E-state index contributed by atoms with van der Waals surface area (Å²) in [6.07, 6.45) is 0. The van der Waals surface area contributed by atoms with E-state index in [0.29, 0.717) is 17.5 Å². The first-order chi connectivity index (χ1) is 14.0. The van der Waals surface area contributed by atoms with Crippen molar-refractivity contribution in [3.05, 3.63) is 70.2 Å². The van der Waals surface area contributed by atoms with Crippen LogP contribution in [-0.2, 0) is 17.9 Å². The fraction of sp³-hybridized carbons (Fsp3) is 0.211. The number of para-hydroxylation sites is 1. The first kappa shape index (κ1) is 21.1. The highest BCUT2D eigenvalue weighted by molar-refractivity contribution is 9.10. The summed E-state index contributed by atoms with van der Waals surface area (Å²) in [5.41, 5.74) is 1.02. The number of nitrogens with zero attached hydrogens (tertiary/aromatic N) is 4. The number of thioether (sulfide) groups is 1. The minimum atomic E-state index is -0.469. The molecule has 0 fully saturated rings. The average Bonchev–Trinajstić information content (AvgIpc) is 3.06. The van der Waals surface area contributed by atoms with Crippen LogP contribution in [0.5, 0.6) is 5.75 Å². The Morgan fingerprint density at radius 1 is 1.24 bits per heavy atom. The standard InChI is InChI=1S/C19H19BrFN5O2S/c1-25(10-13-6-2-3-7-14(13)20)18(27)12-29-19-24-23-17(26(19)22)11-28-16-9-5-4-8-15(16)21/h2-9H,10-12,22H2,1H3. The minimum Gasteiger partial charge on any atom is -0.482 e. The van der Waals surface area contributed by atoms with E-state index in [9.17, 15) is 9.18 Å². The summed E-state index contributed by atoms with van der Waals surface area (Å²) in [4.78, 5) is 14.1. The zero-order valence-electron chi connectivity index (χ0n) is 15.6. The molecule has 0 radical (unpaired) electrons. The third-order valence-corrected chi connectivity index (χ3v) is 5.75. The fourth-order valence-electron chi connectivity index (χ4n) is 2.41. The molecule has 1 heterocycles. The Labute approximate surface area is 180 Å². The highest BCUT2D eigenvalue weighted by Crippen LogP contribution is 2.20. The maximum Gasteiger partial charge on any atom is 0.233 e. The van der Waals surface area contributed by atoms with Gasteiger partial charge >= 0.3 is 0 Å². The lowest BCUT2D eigenvalue weighted by molar-refractivity contribution is -0.127. The van der Waals surface area contributed by atoms with Gasteiger partial charge in [0.1, 0.15) is 6.61 Å². The first-order valence-electron chi connectivity index (χ1n) is 8.62. The van der Waals surface area contributed by atoms with E-state index in [-0.39, 0.29) is 24.0 Å². The van der Waals surface area contributed by atoms with Crippen molar-refractivity contribution in [2.75, 3.05) is 18.6 Å². The van der Waals surface area contributed by atoms with Crippen LogP contribution < -0.4 is 10.6 Å². The van der Waals surface area contributed by atoms with Crippen molar-refractivity contribution in [3.63, 3.8) is 0 Å². The number of aromatic nitrogens is 3.